The number of ether oxygens (including phenoxy) is 1. The van der Waals surface area contributed by atoms with Crippen LogP contribution >= 0.6 is 0 Å². The van der Waals surface area contributed by atoms with Crippen molar-refractivity contribution in [2.45, 2.75) is 13.1 Å². The van der Waals surface area contributed by atoms with Gasteiger partial charge in [0.25, 0.3) is 11.7 Å². The van der Waals surface area contributed by atoms with E-state index in [0.717, 1.165) is 5.56 Å². The highest BCUT2D eigenvalue weighted by Gasteiger charge is 2.29. The maximum atomic E-state index is 13.0. The van der Waals surface area contributed by atoms with Crippen LogP contribution in [0.1, 0.15) is 32.4 Å². The smallest absolute Gasteiger partial charge is 0.377 e. The molecule has 0 aliphatic carbocycles. The summed E-state index contributed by atoms with van der Waals surface area (Å²) < 4.78 is 6.27. The van der Waals surface area contributed by atoms with E-state index in [0.29, 0.717) is 23.6 Å². The molecule has 0 bridgehead atoms. The van der Waals surface area contributed by atoms with Crippen molar-refractivity contribution in [3.05, 3.63) is 77.4 Å². The molecule has 0 saturated carbocycles. The summed E-state index contributed by atoms with van der Waals surface area (Å²) in [5.74, 6) is -0.216. The van der Waals surface area contributed by atoms with E-state index in [9.17, 15) is 9.59 Å². The van der Waals surface area contributed by atoms with Gasteiger partial charge in [0.05, 0.1) is 24.9 Å². The lowest BCUT2D eigenvalue weighted by Gasteiger charge is -2.20. The molecule has 1 aliphatic rings. The number of benzene rings is 2. The number of carbonyl (C=O) groups excluding carboxylic acids is 2. The Morgan fingerprint density at radius 2 is 1.85 bits per heavy atom. The molecule has 7 nitrogen and oxygen atoms in total. The van der Waals surface area contributed by atoms with Crippen LogP contribution in [0.2, 0.25) is 0 Å². The predicted octanol–water partition coefficient (Wildman–Crippen LogP) is 2.21. The number of para-hydroxylation sites is 1. The van der Waals surface area contributed by atoms with Crippen molar-refractivity contribution in [2.75, 3.05) is 7.11 Å². The number of esters is 1. The van der Waals surface area contributed by atoms with Gasteiger partial charge in [-0.15, -0.1) is 5.10 Å². The zero-order chi connectivity index (χ0) is 18.1. The number of amides is 1. The van der Waals surface area contributed by atoms with Gasteiger partial charge in [-0.25, -0.2) is 14.5 Å². The quantitative estimate of drug-likeness (QED) is 0.678. The number of aromatic nitrogens is 3. The van der Waals surface area contributed by atoms with Crippen LogP contribution in [0.5, 0.6) is 0 Å². The lowest BCUT2D eigenvalue weighted by molar-refractivity contribution is 0.0586. The fourth-order valence-corrected chi connectivity index (χ4v) is 3.00. The molecule has 2 aromatic carbocycles. The average molecular weight is 348 g/mol. The van der Waals surface area contributed by atoms with Gasteiger partial charge in [-0.05, 0) is 17.7 Å². The minimum Gasteiger partial charge on any atom is -0.463 e. The second kappa shape index (κ2) is 6.44. The molecule has 1 aromatic heterocycles. The fraction of sp³-hybridized carbons (Fsp3) is 0.158. The van der Waals surface area contributed by atoms with E-state index in [-0.39, 0.29) is 18.3 Å². The van der Waals surface area contributed by atoms with Crippen LogP contribution in [0.15, 0.2) is 54.6 Å². The number of nitrogens with zero attached hydrogens (tertiary/aromatic N) is 4. The molecule has 130 valence electrons. The van der Waals surface area contributed by atoms with Gasteiger partial charge in [-0.3, -0.25) is 4.79 Å². The Kier molecular flexibility index (Phi) is 3.96. The Morgan fingerprint density at radius 3 is 2.62 bits per heavy atom. The van der Waals surface area contributed by atoms with Gasteiger partial charge >= 0.3 is 5.97 Å². The highest BCUT2D eigenvalue weighted by molar-refractivity contribution is 5.98. The first kappa shape index (κ1) is 16.0. The second-order valence-electron chi connectivity index (χ2n) is 5.92. The van der Waals surface area contributed by atoms with Crippen molar-refractivity contribution in [3.8, 4) is 5.69 Å². The lowest BCUT2D eigenvalue weighted by Crippen LogP contribution is -2.29. The molecule has 4 rings (SSSR count). The van der Waals surface area contributed by atoms with Gasteiger partial charge in [0, 0.05) is 6.54 Å². The van der Waals surface area contributed by atoms with Crippen molar-refractivity contribution in [1.29, 1.82) is 0 Å². The van der Waals surface area contributed by atoms with E-state index in [1.807, 2.05) is 36.4 Å². The number of methoxy groups -OCH3 is 1. The maximum Gasteiger partial charge on any atom is 0.377 e. The third kappa shape index (κ3) is 2.73. The molecule has 1 amide bonds. The summed E-state index contributed by atoms with van der Waals surface area (Å²) in [6.07, 6.45) is 0. The van der Waals surface area contributed by atoms with E-state index >= 15 is 0 Å². The van der Waals surface area contributed by atoms with Crippen molar-refractivity contribution >= 4 is 11.9 Å². The highest BCUT2D eigenvalue weighted by atomic mass is 16.5. The third-order valence-electron chi connectivity index (χ3n) is 4.24. The van der Waals surface area contributed by atoms with E-state index in [1.165, 1.54) is 7.11 Å². The van der Waals surface area contributed by atoms with E-state index in [2.05, 4.69) is 10.1 Å². The third-order valence-corrected chi connectivity index (χ3v) is 4.24. The zero-order valence-electron chi connectivity index (χ0n) is 14.1. The van der Waals surface area contributed by atoms with Crippen LogP contribution in [-0.4, -0.2) is 38.7 Å². The first-order valence-electron chi connectivity index (χ1n) is 8.14. The van der Waals surface area contributed by atoms with Crippen LogP contribution < -0.4 is 0 Å². The van der Waals surface area contributed by atoms with Gasteiger partial charge in [0.2, 0.25) is 0 Å². The summed E-state index contributed by atoms with van der Waals surface area (Å²) in [6.45, 7) is 0.681. The number of carbonyl (C=O) groups is 2. The Hall–Kier alpha value is -3.48. The van der Waals surface area contributed by atoms with Gasteiger partial charge in [-0.1, -0.05) is 42.5 Å². The Bertz CT molecular complexity index is 981. The lowest BCUT2D eigenvalue weighted by atomic mass is 10.1. The number of hydrogen-bond donors (Lipinski definition) is 0. The van der Waals surface area contributed by atoms with E-state index < -0.39 is 5.97 Å². The molecule has 3 aromatic rings. The molecule has 7 heteroatoms. The molecule has 0 unspecified atom stereocenters. The van der Waals surface area contributed by atoms with Crippen LogP contribution in [0.3, 0.4) is 0 Å². The molecule has 0 atom stereocenters. The van der Waals surface area contributed by atoms with E-state index in [1.54, 1.807) is 27.8 Å². The van der Waals surface area contributed by atoms with Gasteiger partial charge in [0.15, 0.2) is 5.82 Å². The average Bonchev–Trinajstić information content (AvgIpc) is 3.07. The molecule has 0 N–H and O–H groups in total. The molecule has 0 saturated heterocycles. The van der Waals surface area contributed by atoms with Crippen molar-refractivity contribution in [2.24, 2.45) is 0 Å². The topological polar surface area (TPSA) is 77.3 Å². The molecular formula is C19H16N4O3. The van der Waals surface area contributed by atoms with Crippen LogP contribution in [0.4, 0.5) is 0 Å². The fourth-order valence-electron chi connectivity index (χ4n) is 3.00. The van der Waals surface area contributed by atoms with Gasteiger partial charge in [-0.2, -0.15) is 0 Å². The number of rotatable bonds is 3. The molecule has 1 aliphatic heterocycles. The Balaban J connectivity index is 1.80. The van der Waals surface area contributed by atoms with Gasteiger partial charge < -0.3 is 9.64 Å². The summed E-state index contributed by atoms with van der Waals surface area (Å²) in [5, 5.41) is 4.25. The first-order chi connectivity index (χ1) is 12.7. The van der Waals surface area contributed by atoms with Crippen molar-refractivity contribution < 1.29 is 14.3 Å². The van der Waals surface area contributed by atoms with Crippen LogP contribution in [0, 0.1) is 0 Å². The predicted molar refractivity (Wildman–Crippen MR) is 92.7 cm³/mol. The zero-order valence-corrected chi connectivity index (χ0v) is 14.1. The monoisotopic (exact) mass is 348 g/mol. The minimum atomic E-state index is -0.607. The molecule has 0 fully saturated rings. The number of hydrogen-bond acceptors (Lipinski definition) is 5. The summed E-state index contributed by atoms with van der Waals surface area (Å²) in [4.78, 5) is 30.9. The minimum absolute atomic E-state index is 0.0219. The first-order valence-corrected chi connectivity index (χ1v) is 8.14. The van der Waals surface area contributed by atoms with E-state index in [4.69, 9.17) is 4.74 Å². The van der Waals surface area contributed by atoms with Crippen LogP contribution in [0.25, 0.3) is 5.69 Å². The highest BCUT2D eigenvalue weighted by Crippen LogP contribution is 2.24. The summed E-state index contributed by atoms with van der Waals surface area (Å²) in [7, 11) is 1.29. The summed E-state index contributed by atoms with van der Waals surface area (Å²) in [6, 6.07) is 16.9. The molecule has 26 heavy (non-hydrogen) atoms. The second-order valence-corrected chi connectivity index (χ2v) is 5.92. The largest absolute Gasteiger partial charge is 0.463 e. The summed E-state index contributed by atoms with van der Waals surface area (Å²) >= 11 is 0. The Morgan fingerprint density at radius 1 is 1.12 bits per heavy atom. The molecule has 2 heterocycles. The maximum absolute atomic E-state index is 13.0. The van der Waals surface area contributed by atoms with Gasteiger partial charge in [0.1, 0.15) is 0 Å². The summed E-state index contributed by atoms with van der Waals surface area (Å²) in [5.41, 5.74) is 2.13. The van der Waals surface area contributed by atoms with Crippen LogP contribution in [-0.2, 0) is 17.8 Å². The SMILES string of the molecule is COC(=O)c1nc2n(n1)-c1ccccc1C(=O)N(Cc1ccccc1)C2. The molecular weight excluding hydrogens is 332 g/mol. The van der Waals surface area contributed by atoms with Crippen molar-refractivity contribution in [1.82, 2.24) is 19.7 Å². The number of fused-ring (bicyclic) bond motifs is 3. The molecule has 0 spiro atoms. The van der Waals surface area contributed by atoms with Crippen molar-refractivity contribution in [3.63, 3.8) is 0 Å². The molecule has 0 radical (unpaired) electrons. The standard InChI is InChI=1S/C19H16N4O3/c1-26-19(25)17-20-16-12-22(11-13-7-3-2-4-8-13)18(24)14-9-5-6-10-15(14)23(16)21-17/h2-10H,11-12H2,1H3. The Labute approximate surface area is 149 Å². The normalized spacial score (nSPS) is 13.0.